The third kappa shape index (κ3) is 8.47. The number of anilines is 2. The van der Waals surface area contributed by atoms with Crippen LogP contribution in [-0.2, 0) is 20.6 Å². The molecule has 2 aromatic rings. The SMILES string of the molecule is CC(C)(C)OC(=O)N=[S@](C)(=O)c1cc(NC(=O)c2cc(Cl)c(C(F)(F)F)cc2N2CCC(C(F)(F)F)CC2)ccn1. The zero-order chi connectivity index (χ0) is 31.0. The van der Waals surface area contributed by atoms with Gasteiger partial charge in [0.05, 0.1) is 27.8 Å². The van der Waals surface area contributed by atoms with Crippen LogP contribution in [0.2, 0.25) is 5.02 Å². The first-order valence-electron chi connectivity index (χ1n) is 12.1. The van der Waals surface area contributed by atoms with Crippen molar-refractivity contribution in [2.45, 2.75) is 56.6 Å². The van der Waals surface area contributed by atoms with Gasteiger partial charge in [0.25, 0.3) is 5.91 Å². The molecule has 1 aromatic heterocycles. The lowest BCUT2D eigenvalue weighted by Crippen LogP contribution is -2.40. The molecule has 2 heterocycles. The zero-order valence-corrected chi connectivity index (χ0v) is 23.9. The van der Waals surface area contributed by atoms with E-state index in [1.165, 1.54) is 17.2 Å². The number of rotatable bonds is 4. The summed E-state index contributed by atoms with van der Waals surface area (Å²) in [4.78, 5) is 30.5. The first-order chi connectivity index (χ1) is 18.7. The Hall–Kier alpha value is -3.07. The van der Waals surface area contributed by atoms with Crippen molar-refractivity contribution < 1.29 is 44.9 Å². The summed E-state index contributed by atoms with van der Waals surface area (Å²) in [5.74, 6) is -2.55. The Bertz CT molecular complexity index is 1440. The van der Waals surface area contributed by atoms with Gasteiger partial charge in [-0.15, -0.1) is 4.36 Å². The van der Waals surface area contributed by atoms with Crippen molar-refractivity contribution >= 4 is 44.7 Å². The summed E-state index contributed by atoms with van der Waals surface area (Å²) in [6, 6.07) is 3.90. The van der Waals surface area contributed by atoms with Gasteiger partial charge in [-0.1, -0.05) is 11.6 Å². The van der Waals surface area contributed by atoms with Crippen molar-refractivity contribution in [2.75, 3.05) is 29.6 Å². The molecule has 1 aliphatic rings. The van der Waals surface area contributed by atoms with E-state index in [0.29, 0.717) is 6.07 Å². The fourth-order valence-electron chi connectivity index (χ4n) is 4.03. The number of pyridine rings is 1. The van der Waals surface area contributed by atoms with E-state index >= 15 is 0 Å². The van der Waals surface area contributed by atoms with Crippen molar-refractivity contribution in [2.24, 2.45) is 10.3 Å². The summed E-state index contributed by atoms with van der Waals surface area (Å²) in [5.41, 5.74) is -2.70. The standard InChI is InChI=1S/C25H27ClF6N4O4S/c1-23(2,3)40-22(38)35-41(4,39)20-11-15(5-8-33-20)34-21(37)16-12-18(26)17(25(30,31)32)13-19(16)36-9-6-14(7-10-36)24(27,28)29/h5,8,11-14H,6-7,9-10H2,1-4H3,(H,33,34,37)/t41-/m1/s1. The molecule has 1 aromatic carbocycles. The molecule has 1 aliphatic heterocycles. The number of piperidine rings is 1. The summed E-state index contributed by atoms with van der Waals surface area (Å²) in [7, 11) is -3.43. The fourth-order valence-corrected chi connectivity index (χ4v) is 5.32. The van der Waals surface area contributed by atoms with Gasteiger partial charge in [0, 0.05) is 31.2 Å². The second-order valence-corrected chi connectivity index (χ2v) is 13.0. The van der Waals surface area contributed by atoms with E-state index in [-0.39, 0.29) is 47.9 Å². The number of halogens is 7. The molecular formula is C25H27ClF6N4O4S. The Labute approximate surface area is 237 Å². The van der Waals surface area contributed by atoms with Crippen LogP contribution in [0.1, 0.15) is 49.5 Å². The number of hydrogen-bond acceptors (Lipinski definition) is 6. The second-order valence-electron chi connectivity index (χ2n) is 10.4. The monoisotopic (exact) mass is 628 g/mol. The maximum absolute atomic E-state index is 13.6. The summed E-state index contributed by atoms with van der Waals surface area (Å²) >= 11 is 5.86. The molecule has 1 saturated heterocycles. The lowest BCUT2D eigenvalue weighted by molar-refractivity contribution is -0.179. The van der Waals surface area contributed by atoms with E-state index in [9.17, 15) is 40.1 Å². The Morgan fingerprint density at radius 3 is 2.24 bits per heavy atom. The highest BCUT2D eigenvalue weighted by atomic mass is 35.5. The van der Waals surface area contributed by atoms with Gasteiger partial charge in [-0.05, 0) is 57.9 Å². The van der Waals surface area contributed by atoms with Gasteiger partial charge in [-0.25, -0.2) is 14.0 Å². The van der Waals surface area contributed by atoms with Crippen molar-refractivity contribution in [3.05, 3.63) is 46.6 Å². The molecular weight excluding hydrogens is 602 g/mol. The highest BCUT2D eigenvalue weighted by Gasteiger charge is 2.42. The Morgan fingerprint density at radius 1 is 1.10 bits per heavy atom. The van der Waals surface area contributed by atoms with Crippen LogP contribution in [0.25, 0.3) is 0 Å². The average molecular weight is 629 g/mol. The number of nitrogens with one attached hydrogen (secondary N) is 1. The molecule has 41 heavy (non-hydrogen) atoms. The van der Waals surface area contributed by atoms with Crippen LogP contribution in [0.15, 0.2) is 39.9 Å². The smallest absolute Gasteiger partial charge is 0.442 e. The number of nitrogens with zero attached hydrogens (tertiary/aromatic N) is 3. The van der Waals surface area contributed by atoms with E-state index in [1.54, 1.807) is 20.8 Å². The van der Waals surface area contributed by atoms with Gasteiger partial charge in [-0.3, -0.25) is 4.79 Å². The van der Waals surface area contributed by atoms with Gasteiger partial charge in [0.1, 0.15) is 20.4 Å². The molecule has 1 atom stereocenters. The second kappa shape index (κ2) is 11.7. The predicted octanol–water partition coefficient (Wildman–Crippen LogP) is 7.18. The number of benzene rings is 1. The maximum atomic E-state index is 13.6. The Morgan fingerprint density at radius 2 is 1.71 bits per heavy atom. The number of carbonyl (C=O) groups excluding carboxylic acids is 2. The zero-order valence-electron chi connectivity index (χ0n) is 22.3. The third-order valence-electron chi connectivity index (χ3n) is 5.96. The van der Waals surface area contributed by atoms with E-state index in [1.807, 2.05) is 0 Å². The van der Waals surface area contributed by atoms with Crippen LogP contribution in [0.3, 0.4) is 0 Å². The van der Waals surface area contributed by atoms with Crippen molar-refractivity contribution in [3.63, 3.8) is 0 Å². The normalized spacial score (nSPS) is 16.6. The quantitative estimate of drug-likeness (QED) is 0.360. The number of aromatic nitrogens is 1. The predicted molar refractivity (Wildman–Crippen MR) is 141 cm³/mol. The van der Waals surface area contributed by atoms with Gasteiger partial charge in [0.15, 0.2) is 0 Å². The van der Waals surface area contributed by atoms with Crippen LogP contribution in [0.5, 0.6) is 0 Å². The topological polar surface area (TPSA) is 101 Å². The molecule has 1 N–H and O–H groups in total. The first-order valence-corrected chi connectivity index (χ1v) is 14.4. The molecule has 1 fully saturated rings. The Kier molecular flexibility index (Phi) is 9.23. The highest BCUT2D eigenvalue weighted by Crippen LogP contribution is 2.41. The number of hydrogen-bond donors (Lipinski definition) is 1. The van der Waals surface area contributed by atoms with Gasteiger partial charge >= 0.3 is 18.4 Å². The number of carbonyl (C=O) groups is 2. The van der Waals surface area contributed by atoms with Gasteiger partial charge in [-0.2, -0.15) is 26.3 Å². The van der Waals surface area contributed by atoms with Crippen LogP contribution in [-0.4, -0.2) is 52.3 Å². The van der Waals surface area contributed by atoms with E-state index in [0.717, 1.165) is 18.4 Å². The minimum absolute atomic E-state index is 0.00622. The number of amides is 2. The minimum atomic E-state index is -4.88. The van der Waals surface area contributed by atoms with E-state index in [4.69, 9.17) is 16.3 Å². The molecule has 2 amide bonds. The van der Waals surface area contributed by atoms with Crippen LogP contribution in [0.4, 0.5) is 42.5 Å². The van der Waals surface area contributed by atoms with Crippen LogP contribution < -0.4 is 10.2 Å². The minimum Gasteiger partial charge on any atom is -0.442 e. The van der Waals surface area contributed by atoms with Gasteiger partial charge < -0.3 is 15.0 Å². The van der Waals surface area contributed by atoms with Gasteiger partial charge in [0.2, 0.25) is 0 Å². The lowest BCUT2D eigenvalue weighted by atomic mass is 9.95. The molecule has 0 aliphatic carbocycles. The molecule has 0 radical (unpaired) electrons. The summed E-state index contributed by atoms with van der Waals surface area (Å²) in [6.45, 7) is 4.28. The molecule has 3 rings (SSSR count). The van der Waals surface area contributed by atoms with Crippen molar-refractivity contribution in [3.8, 4) is 0 Å². The number of ether oxygens (including phenoxy) is 1. The first kappa shape index (κ1) is 32.4. The summed E-state index contributed by atoms with van der Waals surface area (Å²) in [5, 5.41) is 1.48. The maximum Gasteiger partial charge on any atom is 0.442 e. The van der Waals surface area contributed by atoms with Crippen molar-refractivity contribution in [1.29, 1.82) is 0 Å². The fraction of sp³-hybridized carbons (Fsp3) is 0.480. The lowest BCUT2D eigenvalue weighted by Gasteiger charge is -2.35. The number of alkyl halides is 6. The van der Waals surface area contributed by atoms with Crippen molar-refractivity contribution in [1.82, 2.24) is 4.98 Å². The summed E-state index contributed by atoms with van der Waals surface area (Å²) in [6.07, 6.45) is -8.87. The molecule has 0 spiro atoms. The average Bonchev–Trinajstić information content (AvgIpc) is 2.81. The van der Waals surface area contributed by atoms with Crippen LogP contribution >= 0.6 is 11.6 Å². The Balaban J connectivity index is 1.95. The van der Waals surface area contributed by atoms with Crippen LogP contribution in [0, 0.1) is 5.92 Å². The summed E-state index contributed by atoms with van der Waals surface area (Å²) < 4.78 is 102. The largest absolute Gasteiger partial charge is 0.442 e. The third-order valence-corrected chi connectivity index (χ3v) is 7.77. The molecule has 0 unspecified atom stereocenters. The molecule has 0 saturated carbocycles. The molecule has 16 heteroatoms. The van der Waals surface area contributed by atoms with E-state index < -0.39 is 56.2 Å². The van der Waals surface area contributed by atoms with E-state index in [2.05, 4.69) is 14.7 Å². The molecule has 0 bridgehead atoms. The molecule has 8 nitrogen and oxygen atoms in total. The highest BCUT2D eigenvalue weighted by molar-refractivity contribution is 7.93. The molecule has 226 valence electrons.